The lowest BCUT2D eigenvalue weighted by molar-refractivity contribution is -0.123. The zero-order valence-electron chi connectivity index (χ0n) is 13.1. The van der Waals surface area contributed by atoms with Crippen LogP contribution < -0.4 is 10.1 Å². The monoisotopic (exact) mass is 340 g/mol. The lowest BCUT2D eigenvalue weighted by Gasteiger charge is -2.06. The number of ether oxygens (including phenoxy) is 1. The zero-order valence-corrected chi connectivity index (χ0v) is 13.9. The summed E-state index contributed by atoms with van der Waals surface area (Å²) >= 11 is 1.55. The second-order valence-corrected chi connectivity index (χ2v) is 6.11. The van der Waals surface area contributed by atoms with Crippen molar-refractivity contribution in [2.24, 2.45) is 0 Å². The summed E-state index contributed by atoms with van der Waals surface area (Å²) in [5.74, 6) is 0.384. The zero-order chi connectivity index (χ0) is 16.8. The van der Waals surface area contributed by atoms with Crippen LogP contribution in [0.3, 0.4) is 0 Å². The van der Waals surface area contributed by atoms with Gasteiger partial charge >= 0.3 is 0 Å². The molecule has 0 aliphatic rings. The van der Waals surface area contributed by atoms with E-state index in [0.717, 1.165) is 21.1 Å². The average Bonchev–Trinajstić information content (AvgIpc) is 3.01. The molecule has 0 saturated carbocycles. The molecule has 3 rings (SSSR count). The first-order valence-corrected chi connectivity index (χ1v) is 8.20. The van der Waals surface area contributed by atoms with E-state index in [-0.39, 0.29) is 12.5 Å². The highest BCUT2D eigenvalue weighted by atomic mass is 32.1. The van der Waals surface area contributed by atoms with Crippen LogP contribution in [-0.4, -0.2) is 27.5 Å². The molecule has 0 radical (unpaired) electrons. The Hall–Kier alpha value is -2.80. The Morgan fingerprint density at radius 3 is 2.71 bits per heavy atom. The molecule has 0 aromatic carbocycles. The number of carbonyl (C=O) groups is 1. The van der Waals surface area contributed by atoms with Crippen LogP contribution in [-0.2, 0) is 11.3 Å². The number of pyridine rings is 2. The number of rotatable bonds is 6. The number of carbonyl (C=O) groups excluding carboxylic acids is 1. The lowest BCUT2D eigenvalue weighted by Crippen LogP contribution is -2.28. The van der Waals surface area contributed by atoms with Crippen molar-refractivity contribution in [3.8, 4) is 16.3 Å². The van der Waals surface area contributed by atoms with E-state index < -0.39 is 0 Å². The van der Waals surface area contributed by atoms with Crippen molar-refractivity contribution in [3.63, 3.8) is 0 Å². The molecule has 1 amide bonds. The fourth-order valence-electron chi connectivity index (χ4n) is 2.02. The molecule has 3 aromatic heterocycles. The van der Waals surface area contributed by atoms with Gasteiger partial charge in [-0.05, 0) is 31.2 Å². The first kappa shape index (κ1) is 16.1. The number of thiazole rings is 1. The fraction of sp³-hybridized carbons (Fsp3) is 0.176. The van der Waals surface area contributed by atoms with E-state index in [1.165, 1.54) is 0 Å². The van der Waals surface area contributed by atoms with Gasteiger partial charge in [0.1, 0.15) is 10.8 Å². The quantitative estimate of drug-likeness (QED) is 0.746. The van der Waals surface area contributed by atoms with Crippen LogP contribution in [0.25, 0.3) is 10.6 Å². The maximum absolute atomic E-state index is 11.9. The van der Waals surface area contributed by atoms with Gasteiger partial charge in [0.05, 0.1) is 18.4 Å². The maximum atomic E-state index is 11.9. The molecule has 7 heteroatoms. The minimum Gasteiger partial charge on any atom is -0.482 e. The molecule has 0 atom stereocenters. The second kappa shape index (κ2) is 7.65. The Morgan fingerprint density at radius 1 is 1.21 bits per heavy atom. The highest BCUT2D eigenvalue weighted by molar-refractivity contribution is 7.15. The molecule has 0 unspecified atom stereocenters. The highest BCUT2D eigenvalue weighted by Crippen LogP contribution is 2.27. The first-order chi connectivity index (χ1) is 11.7. The summed E-state index contributed by atoms with van der Waals surface area (Å²) in [6.45, 7) is 2.32. The largest absolute Gasteiger partial charge is 0.482 e. The molecule has 122 valence electrons. The van der Waals surface area contributed by atoms with Crippen LogP contribution >= 0.6 is 11.3 Å². The number of nitrogens with one attached hydrogen (secondary N) is 1. The van der Waals surface area contributed by atoms with Crippen LogP contribution in [0.1, 0.15) is 10.6 Å². The van der Waals surface area contributed by atoms with E-state index >= 15 is 0 Å². The van der Waals surface area contributed by atoms with Gasteiger partial charge in [0.25, 0.3) is 5.91 Å². The molecular weight excluding hydrogens is 324 g/mol. The summed E-state index contributed by atoms with van der Waals surface area (Å²) in [7, 11) is 0. The Labute approximate surface area is 143 Å². The summed E-state index contributed by atoms with van der Waals surface area (Å²) in [6, 6.07) is 7.36. The van der Waals surface area contributed by atoms with Crippen LogP contribution in [0, 0.1) is 6.92 Å². The topological polar surface area (TPSA) is 77.0 Å². The van der Waals surface area contributed by atoms with Crippen LogP contribution in [0.15, 0.2) is 49.1 Å². The molecule has 3 aromatic rings. The van der Waals surface area contributed by atoms with E-state index in [4.69, 9.17) is 4.74 Å². The Bertz CT molecular complexity index is 806. The van der Waals surface area contributed by atoms with Crippen molar-refractivity contribution in [1.29, 1.82) is 0 Å². The molecule has 0 saturated heterocycles. The minimum absolute atomic E-state index is 0.0427. The molecule has 1 N–H and O–H groups in total. The van der Waals surface area contributed by atoms with Crippen LogP contribution in [0.2, 0.25) is 0 Å². The lowest BCUT2D eigenvalue weighted by atomic mass is 10.3. The third-order valence-corrected chi connectivity index (χ3v) is 4.46. The fourth-order valence-corrected chi connectivity index (χ4v) is 3.01. The van der Waals surface area contributed by atoms with Crippen molar-refractivity contribution in [1.82, 2.24) is 20.3 Å². The van der Waals surface area contributed by atoms with Crippen molar-refractivity contribution >= 4 is 17.2 Å². The smallest absolute Gasteiger partial charge is 0.258 e. The molecule has 0 spiro atoms. The third-order valence-electron chi connectivity index (χ3n) is 3.25. The van der Waals surface area contributed by atoms with Gasteiger partial charge < -0.3 is 10.1 Å². The Balaban J connectivity index is 1.55. The third kappa shape index (κ3) is 4.14. The summed E-state index contributed by atoms with van der Waals surface area (Å²) in [5.41, 5.74) is 1.88. The van der Waals surface area contributed by atoms with Crippen molar-refractivity contribution in [2.75, 3.05) is 6.61 Å². The number of aromatic nitrogens is 3. The molecule has 0 aliphatic heterocycles. The van der Waals surface area contributed by atoms with Crippen molar-refractivity contribution in [3.05, 3.63) is 59.6 Å². The number of hydrogen-bond acceptors (Lipinski definition) is 6. The molecule has 0 bridgehead atoms. The summed E-state index contributed by atoms with van der Waals surface area (Å²) in [4.78, 5) is 25.5. The average molecular weight is 340 g/mol. The van der Waals surface area contributed by atoms with Crippen molar-refractivity contribution < 1.29 is 9.53 Å². The van der Waals surface area contributed by atoms with E-state index in [1.54, 1.807) is 48.3 Å². The van der Waals surface area contributed by atoms with E-state index in [0.29, 0.717) is 12.3 Å². The Kier molecular flexibility index (Phi) is 5.12. The standard InChI is InChI=1S/C17H16N4O2S/c1-12-15(24-17(21-12)13-4-2-6-18-8-13)10-20-16(22)11-23-14-5-3-7-19-9-14/h2-9H,10-11H2,1H3,(H,20,22). The molecular formula is C17H16N4O2S. The Morgan fingerprint density at radius 2 is 2.00 bits per heavy atom. The summed E-state index contributed by atoms with van der Waals surface area (Å²) in [6.07, 6.45) is 6.73. The highest BCUT2D eigenvalue weighted by Gasteiger charge is 2.11. The molecule has 24 heavy (non-hydrogen) atoms. The maximum Gasteiger partial charge on any atom is 0.258 e. The van der Waals surface area contributed by atoms with E-state index in [1.807, 2.05) is 19.1 Å². The molecule has 6 nitrogen and oxygen atoms in total. The van der Waals surface area contributed by atoms with Crippen molar-refractivity contribution in [2.45, 2.75) is 13.5 Å². The van der Waals surface area contributed by atoms with E-state index in [9.17, 15) is 4.79 Å². The predicted octanol–water partition coefficient (Wildman–Crippen LogP) is 2.60. The van der Waals surface area contributed by atoms with Crippen LogP contribution in [0.4, 0.5) is 0 Å². The normalized spacial score (nSPS) is 10.4. The minimum atomic E-state index is -0.186. The summed E-state index contributed by atoms with van der Waals surface area (Å²) < 4.78 is 5.37. The van der Waals surface area contributed by atoms with Gasteiger partial charge in [0.2, 0.25) is 0 Å². The van der Waals surface area contributed by atoms with Gasteiger partial charge in [-0.15, -0.1) is 11.3 Å². The van der Waals surface area contributed by atoms with Gasteiger partial charge in [0.15, 0.2) is 6.61 Å². The van der Waals surface area contributed by atoms with Gasteiger partial charge in [0, 0.05) is 29.0 Å². The number of aryl methyl sites for hydroxylation is 1. The second-order valence-electron chi connectivity index (χ2n) is 5.02. The predicted molar refractivity (Wildman–Crippen MR) is 91.7 cm³/mol. The van der Waals surface area contributed by atoms with Crippen LogP contribution in [0.5, 0.6) is 5.75 Å². The van der Waals surface area contributed by atoms with Gasteiger partial charge in [-0.2, -0.15) is 0 Å². The van der Waals surface area contributed by atoms with Gasteiger partial charge in [-0.25, -0.2) is 4.98 Å². The number of hydrogen-bond donors (Lipinski definition) is 1. The number of amides is 1. The summed E-state index contributed by atoms with van der Waals surface area (Å²) in [5, 5.41) is 3.74. The van der Waals surface area contributed by atoms with Gasteiger partial charge in [-0.3, -0.25) is 14.8 Å². The SMILES string of the molecule is Cc1nc(-c2cccnc2)sc1CNC(=O)COc1cccnc1. The van der Waals surface area contributed by atoms with E-state index in [2.05, 4.69) is 20.3 Å². The van der Waals surface area contributed by atoms with Gasteiger partial charge in [-0.1, -0.05) is 0 Å². The first-order valence-electron chi connectivity index (χ1n) is 7.38. The molecule has 0 fully saturated rings. The molecule has 0 aliphatic carbocycles. The number of nitrogens with zero attached hydrogens (tertiary/aromatic N) is 3. The molecule has 3 heterocycles.